The van der Waals surface area contributed by atoms with Crippen LogP contribution in [0.3, 0.4) is 0 Å². The number of fused-ring (bicyclic) bond motifs is 2. The largest absolute Gasteiger partial charge is 0.326 e. The molecule has 0 N–H and O–H groups in total. The van der Waals surface area contributed by atoms with Crippen LogP contribution in [0, 0.1) is 0 Å². The van der Waals surface area contributed by atoms with Crippen LogP contribution in [0.1, 0.15) is 11.1 Å². The molecule has 3 aromatic rings. The van der Waals surface area contributed by atoms with Crippen molar-refractivity contribution in [1.82, 2.24) is 4.57 Å². The molecule has 1 aliphatic carbocycles. The summed E-state index contributed by atoms with van der Waals surface area (Å²) in [6.45, 7) is 0. The maximum absolute atomic E-state index is 2.29. The van der Waals surface area contributed by atoms with Gasteiger partial charge in [0.2, 0.25) is 0 Å². The van der Waals surface area contributed by atoms with E-state index in [9.17, 15) is 0 Å². The van der Waals surface area contributed by atoms with E-state index in [4.69, 9.17) is 0 Å². The lowest BCUT2D eigenvalue weighted by Crippen LogP contribution is -1.92. The first-order valence-electron chi connectivity index (χ1n) is 6.26. The van der Waals surface area contributed by atoms with Gasteiger partial charge in [0.25, 0.3) is 0 Å². The highest BCUT2D eigenvalue weighted by Crippen LogP contribution is 2.29. The van der Waals surface area contributed by atoms with Crippen LogP contribution in [0.4, 0.5) is 0 Å². The van der Waals surface area contributed by atoms with Crippen molar-refractivity contribution in [1.29, 1.82) is 0 Å². The van der Waals surface area contributed by atoms with Crippen molar-refractivity contribution in [3.05, 3.63) is 72.1 Å². The summed E-state index contributed by atoms with van der Waals surface area (Å²) in [6.07, 6.45) is 7.74. The molecule has 0 radical (unpaired) electrons. The summed E-state index contributed by atoms with van der Waals surface area (Å²) >= 11 is 0. The molecule has 2 aromatic carbocycles. The normalized spacial score (nSPS) is 13.7. The lowest BCUT2D eigenvalue weighted by atomic mass is 10.1. The van der Waals surface area contributed by atoms with Gasteiger partial charge in [-0.15, -0.1) is 0 Å². The minimum Gasteiger partial charge on any atom is -0.326 e. The fraction of sp³-hybridized carbons (Fsp3) is 0.0588. The molecule has 0 saturated heterocycles. The van der Waals surface area contributed by atoms with Gasteiger partial charge in [-0.25, -0.2) is 0 Å². The number of benzene rings is 2. The van der Waals surface area contributed by atoms with Crippen molar-refractivity contribution in [2.24, 2.45) is 0 Å². The molecule has 1 aromatic heterocycles. The van der Waals surface area contributed by atoms with Gasteiger partial charge in [-0.05, 0) is 28.0 Å². The molecule has 18 heavy (non-hydrogen) atoms. The Kier molecular flexibility index (Phi) is 1.95. The quantitative estimate of drug-likeness (QED) is 0.591. The summed E-state index contributed by atoms with van der Waals surface area (Å²) in [5.41, 5.74) is 4.13. The van der Waals surface area contributed by atoms with Crippen LogP contribution in [-0.4, -0.2) is 4.57 Å². The van der Waals surface area contributed by atoms with Crippen molar-refractivity contribution in [2.75, 3.05) is 0 Å². The van der Waals surface area contributed by atoms with Gasteiger partial charge in [0, 0.05) is 24.5 Å². The first-order valence-corrected chi connectivity index (χ1v) is 6.26. The maximum atomic E-state index is 2.29. The predicted octanol–water partition coefficient (Wildman–Crippen LogP) is 4.20. The second-order valence-corrected chi connectivity index (χ2v) is 4.81. The third-order valence-electron chi connectivity index (χ3n) is 3.63. The molecule has 0 aliphatic heterocycles. The number of hydrogen-bond acceptors (Lipinski definition) is 0. The first kappa shape index (κ1) is 9.72. The molecule has 1 heterocycles. The van der Waals surface area contributed by atoms with Gasteiger partial charge in [-0.2, -0.15) is 0 Å². The third kappa shape index (κ3) is 1.41. The van der Waals surface area contributed by atoms with Crippen LogP contribution in [0.15, 0.2) is 60.9 Å². The van der Waals surface area contributed by atoms with Crippen LogP contribution >= 0.6 is 0 Å². The summed E-state index contributed by atoms with van der Waals surface area (Å²) in [5.74, 6) is 0. The van der Waals surface area contributed by atoms with Crippen LogP contribution in [-0.2, 0) is 6.42 Å². The summed E-state index contributed by atoms with van der Waals surface area (Å²) in [6, 6.07) is 17.1. The minimum absolute atomic E-state index is 1.02. The van der Waals surface area contributed by atoms with Crippen LogP contribution in [0.25, 0.3) is 22.5 Å². The Balaban J connectivity index is 1.82. The highest BCUT2D eigenvalue weighted by atomic mass is 15.0. The Morgan fingerprint density at radius 2 is 1.44 bits per heavy atom. The molecule has 1 heteroatoms. The number of rotatable bonds is 1. The lowest BCUT2D eigenvalue weighted by molar-refractivity contribution is 1.07. The van der Waals surface area contributed by atoms with Gasteiger partial charge in [0.1, 0.15) is 0 Å². The highest BCUT2D eigenvalue weighted by Gasteiger charge is 2.13. The number of allylic oxidation sites excluding steroid dienone is 1. The van der Waals surface area contributed by atoms with Gasteiger partial charge in [-0.1, -0.05) is 48.5 Å². The average molecular weight is 231 g/mol. The van der Waals surface area contributed by atoms with Gasteiger partial charge in [0.05, 0.1) is 0 Å². The van der Waals surface area contributed by atoms with E-state index < -0.39 is 0 Å². The number of hydrogen-bond donors (Lipinski definition) is 0. The molecule has 0 bridgehead atoms. The van der Waals surface area contributed by atoms with Crippen molar-refractivity contribution < 1.29 is 0 Å². The summed E-state index contributed by atoms with van der Waals surface area (Å²) in [7, 11) is 0. The predicted molar refractivity (Wildman–Crippen MR) is 76.3 cm³/mol. The Hall–Kier alpha value is -2.28. The van der Waals surface area contributed by atoms with E-state index in [1.807, 2.05) is 0 Å². The molecule has 1 aliphatic rings. The number of nitrogens with zero attached hydrogens (tertiary/aromatic N) is 1. The van der Waals surface area contributed by atoms with Crippen LogP contribution in [0.5, 0.6) is 0 Å². The van der Waals surface area contributed by atoms with E-state index in [-0.39, 0.29) is 0 Å². The van der Waals surface area contributed by atoms with Crippen molar-refractivity contribution in [3.63, 3.8) is 0 Å². The molecule has 0 saturated carbocycles. The van der Waals surface area contributed by atoms with E-state index >= 15 is 0 Å². The van der Waals surface area contributed by atoms with E-state index in [2.05, 4.69) is 71.6 Å². The second-order valence-electron chi connectivity index (χ2n) is 4.81. The average Bonchev–Trinajstić information content (AvgIpc) is 3.02. The van der Waals surface area contributed by atoms with Crippen molar-refractivity contribution >= 4 is 22.5 Å². The minimum atomic E-state index is 1.02. The Morgan fingerprint density at radius 1 is 0.778 bits per heavy atom. The molecule has 0 unspecified atom stereocenters. The maximum Gasteiger partial charge on any atom is 0.0271 e. The fourth-order valence-electron chi connectivity index (χ4n) is 2.68. The van der Waals surface area contributed by atoms with Gasteiger partial charge in [0.15, 0.2) is 0 Å². The van der Waals surface area contributed by atoms with Crippen LogP contribution < -0.4 is 0 Å². The molecule has 86 valence electrons. The van der Waals surface area contributed by atoms with Crippen molar-refractivity contribution in [2.45, 2.75) is 6.42 Å². The van der Waals surface area contributed by atoms with Crippen LogP contribution in [0.2, 0.25) is 0 Å². The third-order valence-corrected chi connectivity index (χ3v) is 3.63. The smallest absolute Gasteiger partial charge is 0.0271 e. The molecule has 0 amide bonds. The summed E-state index contributed by atoms with van der Waals surface area (Å²) in [4.78, 5) is 0. The molecular formula is C17H13N. The first-order chi connectivity index (χ1) is 8.90. The van der Waals surface area contributed by atoms with E-state index in [1.165, 1.54) is 27.6 Å². The molecule has 4 rings (SSSR count). The molecule has 1 nitrogen and oxygen atoms in total. The van der Waals surface area contributed by atoms with E-state index in [1.54, 1.807) is 0 Å². The molecule has 0 spiro atoms. The summed E-state index contributed by atoms with van der Waals surface area (Å²) < 4.78 is 2.25. The molecule has 0 fully saturated rings. The lowest BCUT2D eigenvalue weighted by Gasteiger charge is -2.02. The zero-order valence-corrected chi connectivity index (χ0v) is 10.0. The standard InChI is InChI=1S/C17H13N/c1-2-6-14-10-17(9-13(14)5-1)18-11-15-7-3-4-8-16(15)12-18/h1-9,11-12H,10H2. The zero-order chi connectivity index (χ0) is 11.9. The van der Waals surface area contributed by atoms with Gasteiger partial charge in [-0.3, -0.25) is 0 Å². The fourth-order valence-corrected chi connectivity index (χ4v) is 2.68. The number of aromatic nitrogens is 1. The van der Waals surface area contributed by atoms with Gasteiger partial charge < -0.3 is 4.57 Å². The molecule has 0 atom stereocenters. The Morgan fingerprint density at radius 3 is 2.17 bits per heavy atom. The van der Waals surface area contributed by atoms with E-state index in [0.29, 0.717) is 0 Å². The topological polar surface area (TPSA) is 4.93 Å². The Bertz CT molecular complexity index is 729. The molecular weight excluding hydrogens is 218 g/mol. The van der Waals surface area contributed by atoms with Crippen molar-refractivity contribution in [3.8, 4) is 0 Å². The SMILES string of the molecule is C1=C(n2cc3ccccc3c2)Cc2ccccc21. The monoisotopic (exact) mass is 231 g/mol. The summed E-state index contributed by atoms with van der Waals surface area (Å²) in [5, 5.41) is 2.60. The second kappa shape index (κ2) is 3.61. The van der Waals surface area contributed by atoms with E-state index in [0.717, 1.165) is 6.42 Å². The zero-order valence-electron chi connectivity index (χ0n) is 10.0. The van der Waals surface area contributed by atoms with Gasteiger partial charge >= 0.3 is 0 Å². The Labute approximate surface area is 106 Å². The highest BCUT2D eigenvalue weighted by molar-refractivity contribution is 5.87.